The lowest BCUT2D eigenvalue weighted by Crippen LogP contribution is -2.27. The van der Waals surface area contributed by atoms with Crippen LogP contribution in [-0.2, 0) is 0 Å². The molecule has 0 fully saturated rings. The van der Waals surface area contributed by atoms with Crippen LogP contribution in [0.4, 0.5) is 11.8 Å². The molecule has 0 saturated carbocycles. The lowest BCUT2D eigenvalue weighted by atomic mass is 10.3. The van der Waals surface area contributed by atoms with Crippen LogP contribution in [0.2, 0.25) is 0 Å². The van der Waals surface area contributed by atoms with E-state index in [-0.39, 0.29) is 11.9 Å². The van der Waals surface area contributed by atoms with Crippen LogP contribution in [0.5, 0.6) is 0 Å². The average molecular weight is 373 g/mol. The second-order valence-electron chi connectivity index (χ2n) is 5.48. The molecule has 11 heteroatoms. The van der Waals surface area contributed by atoms with E-state index in [0.717, 1.165) is 9.88 Å². The van der Waals surface area contributed by atoms with E-state index in [2.05, 4.69) is 46.1 Å². The van der Waals surface area contributed by atoms with Gasteiger partial charge in [-0.2, -0.15) is 5.10 Å². The first-order valence-electron chi connectivity index (χ1n) is 8.00. The third kappa shape index (κ3) is 4.72. The number of aromatic nitrogens is 6. The molecule has 0 aliphatic rings. The van der Waals surface area contributed by atoms with Crippen molar-refractivity contribution in [1.82, 2.24) is 35.5 Å². The molecule has 3 aromatic heterocycles. The van der Waals surface area contributed by atoms with Crippen molar-refractivity contribution in [2.75, 3.05) is 23.7 Å². The Morgan fingerprint density at radius 3 is 2.77 bits per heavy atom. The highest BCUT2D eigenvalue weighted by atomic mass is 32.1. The molecule has 0 bridgehead atoms. The molecule has 3 rings (SSSR count). The number of carbonyl (C=O) groups is 1. The first kappa shape index (κ1) is 17.7. The number of amides is 1. The van der Waals surface area contributed by atoms with Crippen LogP contribution in [0, 0.1) is 6.92 Å². The zero-order valence-corrected chi connectivity index (χ0v) is 15.2. The van der Waals surface area contributed by atoms with E-state index in [1.807, 2.05) is 13.8 Å². The maximum Gasteiger partial charge on any atom is 0.270 e. The summed E-state index contributed by atoms with van der Waals surface area (Å²) in [6.45, 7) is 5.08. The van der Waals surface area contributed by atoms with E-state index in [9.17, 15) is 4.79 Å². The molecule has 1 unspecified atom stereocenters. The summed E-state index contributed by atoms with van der Waals surface area (Å²) >= 11 is 1.56. The van der Waals surface area contributed by atoms with Gasteiger partial charge < -0.3 is 16.0 Å². The van der Waals surface area contributed by atoms with Gasteiger partial charge in [-0.1, -0.05) is 0 Å². The zero-order valence-electron chi connectivity index (χ0n) is 14.4. The van der Waals surface area contributed by atoms with E-state index in [4.69, 9.17) is 0 Å². The minimum absolute atomic E-state index is 0.182. The molecule has 0 aromatic carbocycles. The van der Waals surface area contributed by atoms with Crippen LogP contribution in [0.25, 0.3) is 0 Å². The second kappa shape index (κ2) is 8.34. The molecular weight excluding hydrogens is 354 g/mol. The Labute approximate surface area is 153 Å². The molecule has 3 heterocycles. The van der Waals surface area contributed by atoms with Gasteiger partial charge in [0.1, 0.15) is 29.2 Å². The highest BCUT2D eigenvalue weighted by Crippen LogP contribution is 2.19. The molecule has 4 N–H and O–H groups in total. The minimum atomic E-state index is -0.268. The summed E-state index contributed by atoms with van der Waals surface area (Å²) in [5, 5.41) is 16.4. The standard InChI is InChI=1S/C15H19N9OS/c1-9-6-18-14(26-9)10(2)23-13(25)11-5-12(20-7-19-11)16-3-4-17-15-21-8-22-24-15/h5-8,10H,3-4H2,1-2H3,(H,23,25)(H,16,19,20)(H2,17,21,22,24). The molecule has 136 valence electrons. The minimum Gasteiger partial charge on any atom is -0.368 e. The summed E-state index contributed by atoms with van der Waals surface area (Å²) in [5.74, 6) is 0.902. The Balaban J connectivity index is 1.51. The highest BCUT2D eigenvalue weighted by Gasteiger charge is 2.15. The smallest absolute Gasteiger partial charge is 0.270 e. The van der Waals surface area contributed by atoms with Gasteiger partial charge >= 0.3 is 0 Å². The van der Waals surface area contributed by atoms with Crippen LogP contribution in [0.15, 0.2) is 24.9 Å². The van der Waals surface area contributed by atoms with Crippen molar-refractivity contribution in [2.45, 2.75) is 19.9 Å². The average Bonchev–Trinajstić information content (AvgIpc) is 3.30. The largest absolute Gasteiger partial charge is 0.368 e. The quantitative estimate of drug-likeness (QED) is 0.435. The fourth-order valence-corrected chi connectivity index (χ4v) is 2.92. The van der Waals surface area contributed by atoms with Crippen LogP contribution in [-0.4, -0.2) is 49.1 Å². The van der Waals surface area contributed by atoms with Gasteiger partial charge in [0.15, 0.2) is 0 Å². The number of rotatable bonds is 8. The van der Waals surface area contributed by atoms with Crippen molar-refractivity contribution in [3.63, 3.8) is 0 Å². The van der Waals surface area contributed by atoms with Gasteiger partial charge in [0.25, 0.3) is 5.91 Å². The van der Waals surface area contributed by atoms with Gasteiger partial charge in [-0.05, 0) is 13.8 Å². The van der Waals surface area contributed by atoms with Crippen LogP contribution in [0.3, 0.4) is 0 Å². The molecule has 1 amide bonds. The Kier molecular flexibility index (Phi) is 5.69. The summed E-state index contributed by atoms with van der Waals surface area (Å²) in [4.78, 5) is 29.9. The third-order valence-electron chi connectivity index (χ3n) is 3.40. The number of hydrogen-bond acceptors (Lipinski definition) is 9. The maximum atomic E-state index is 12.4. The van der Waals surface area contributed by atoms with Crippen LogP contribution in [0.1, 0.15) is 33.3 Å². The molecular formula is C15H19N9OS. The van der Waals surface area contributed by atoms with E-state index in [0.29, 0.717) is 30.5 Å². The predicted octanol–water partition coefficient (Wildman–Crippen LogP) is 1.37. The van der Waals surface area contributed by atoms with Crippen molar-refractivity contribution >= 4 is 29.0 Å². The van der Waals surface area contributed by atoms with Crippen LogP contribution < -0.4 is 16.0 Å². The highest BCUT2D eigenvalue weighted by molar-refractivity contribution is 7.11. The third-order valence-corrected chi connectivity index (χ3v) is 4.49. The summed E-state index contributed by atoms with van der Waals surface area (Å²) < 4.78 is 0. The van der Waals surface area contributed by atoms with Gasteiger partial charge in [0.05, 0.1) is 6.04 Å². The van der Waals surface area contributed by atoms with Crippen molar-refractivity contribution in [3.8, 4) is 0 Å². The molecule has 10 nitrogen and oxygen atoms in total. The van der Waals surface area contributed by atoms with Crippen molar-refractivity contribution < 1.29 is 4.79 Å². The zero-order chi connectivity index (χ0) is 18.4. The Morgan fingerprint density at radius 2 is 2.04 bits per heavy atom. The van der Waals surface area contributed by atoms with Gasteiger partial charge in [-0.3, -0.25) is 4.79 Å². The molecule has 26 heavy (non-hydrogen) atoms. The van der Waals surface area contributed by atoms with E-state index in [1.165, 1.54) is 12.7 Å². The van der Waals surface area contributed by atoms with Crippen molar-refractivity contribution in [1.29, 1.82) is 0 Å². The number of thiazole rings is 1. The first-order chi connectivity index (χ1) is 12.6. The number of aromatic amines is 1. The maximum absolute atomic E-state index is 12.4. The second-order valence-corrected chi connectivity index (χ2v) is 6.75. The number of nitrogens with one attached hydrogen (secondary N) is 4. The predicted molar refractivity (Wildman–Crippen MR) is 98.1 cm³/mol. The SMILES string of the molecule is Cc1cnc(C(C)NC(=O)c2cc(NCCNc3ncn[nH]3)ncn2)s1. The summed E-state index contributed by atoms with van der Waals surface area (Å²) in [7, 11) is 0. The first-order valence-corrected chi connectivity index (χ1v) is 8.82. The summed E-state index contributed by atoms with van der Waals surface area (Å²) in [6, 6.07) is 1.43. The topological polar surface area (TPSA) is 133 Å². The molecule has 0 radical (unpaired) electrons. The monoisotopic (exact) mass is 373 g/mol. The van der Waals surface area contributed by atoms with Crippen molar-refractivity contribution in [2.24, 2.45) is 0 Å². The van der Waals surface area contributed by atoms with Gasteiger partial charge in [0.2, 0.25) is 5.95 Å². The normalized spacial score (nSPS) is 11.8. The Hall–Kier alpha value is -3.08. The summed E-state index contributed by atoms with van der Waals surface area (Å²) in [5.41, 5.74) is 0.297. The lowest BCUT2D eigenvalue weighted by Gasteiger charge is -2.11. The number of hydrogen-bond donors (Lipinski definition) is 4. The Morgan fingerprint density at radius 1 is 1.19 bits per heavy atom. The number of anilines is 2. The van der Waals surface area contributed by atoms with Gasteiger partial charge in [0, 0.05) is 30.2 Å². The summed E-state index contributed by atoms with van der Waals surface area (Å²) in [6.07, 6.45) is 4.58. The van der Waals surface area contributed by atoms with Gasteiger partial charge in [-0.25, -0.2) is 25.0 Å². The van der Waals surface area contributed by atoms with Crippen LogP contribution >= 0.6 is 11.3 Å². The molecule has 3 aromatic rings. The van der Waals surface area contributed by atoms with E-state index >= 15 is 0 Å². The molecule has 0 spiro atoms. The molecule has 0 aliphatic heterocycles. The molecule has 1 atom stereocenters. The number of nitrogens with zero attached hydrogens (tertiary/aromatic N) is 5. The number of carbonyl (C=O) groups excluding carboxylic acids is 1. The fraction of sp³-hybridized carbons (Fsp3) is 0.333. The number of aryl methyl sites for hydroxylation is 1. The Bertz CT molecular complexity index is 848. The van der Waals surface area contributed by atoms with E-state index < -0.39 is 0 Å². The van der Waals surface area contributed by atoms with E-state index in [1.54, 1.807) is 23.6 Å². The van der Waals surface area contributed by atoms with Crippen molar-refractivity contribution in [3.05, 3.63) is 40.5 Å². The number of H-pyrrole nitrogens is 1. The fourth-order valence-electron chi connectivity index (χ4n) is 2.14. The lowest BCUT2D eigenvalue weighted by molar-refractivity contribution is 0.0934. The molecule has 0 aliphatic carbocycles. The van der Waals surface area contributed by atoms with Gasteiger partial charge in [-0.15, -0.1) is 11.3 Å². The molecule has 0 saturated heterocycles.